The third-order valence-electron chi connectivity index (χ3n) is 5.99. The van der Waals surface area contributed by atoms with E-state index in [0.29, 0.717) is 22.5 Å². The Labute approximate surface area is 185 Å². The van der Waals surface area contributed by atoms with E-state index in [0.717, 1.165) is 24.0 Å². The van der Waals surface area contributed by atoms with E-state index in [1.54, 1.807) is 18.2 Å². The van der Waals surface area contributed by atoms with Crippen LogP contribution in [0.25, 0.3) is 0 Å². The number of rotatable bonds is 6. The fourth-order valence-corrected chi connectivity index (χ4v) is 4.52. The number of carbonyl (C=O) groups excluding carboxylic acids is 1. The molecule has 2 fully saturated rings. The van der Waals surface area contributed by atoms with Gasteiger partial charge in [-0.3, -0.25) is 9.59 Å². The molecule has 0 bridgehead atoms. The lowest BCUT2D eigenvalue weighted by Crippen LogP contribution is -2.61. The van der Waals surface area contributed by atoms with Crippen LogP contribution in [0.5, 0.6) is 0 Å². The molecular weight excluding hydrogens is 425 g/mol. The van der Waals surface area contributed by atoms with E-state index in [9.17, 15) is 14.7 Å². The first-order valence-electron chi connectivity index (χ1n) is 9.99. The molecule has 2 aromatic rings. The molecule has 0 aromatic heterocycles. The number of ether oxygens (including phenoxy) is 1. The molecule has 1 heterocycles. The van der Waals surface area contributed by atoms with Crippen molar-refractivity contribution in [3.8, 4) is 0 Å². The van der Waals surface area contributed by atoms with Crippen molar-refractivity contribution in [2.24, 2.45) is 5.92 Å². The molecule has 5 nitrogen and oxygen atoms in total. The standard InChI is InChI=1S/C23H23Cl2NO4/c1-23(16-7-9-17(24)10-8-16)21(15-3-2-4-18(25)11-15)30-19(12-20(27)28)22(29)26(23)13-14-5-6-14/h2-4,7-11,14,19,21H,5-6,12-13H2,1H3,(H,27,28)/t19-,21-,23-/m1/s1. The molecule has 4 rings (SSSR count). The Morgan fingerprint density at radius 1 is 1.17 bits per heavy atom. The molecule has 158 valence electrons. The van der Waals surface area contributed by atoms with E-state index in [-0.39, 0.29) is 12.3 Å². The summed E-state index contributed by atoms with van der Waals surface area (Å²) in [5.41, 5.74) is 0.826. The van der Waals surface area contributed by atoms with E-state index in [4.69, 9.17) is 27.9 Å². The molecule has 1 saturated heterocycles. The average molecular weight is 448 g/mol. The Morgan fingerprint density at radius 3 is 2.47 bits per heavy atom. The number of morpholine rings is 1. The van der Waals surface area contributed by atoms with Crippen LogP contribution in [-0.4, -0.2) is 34.5 Å². The number of halogens is 2. The van der Waals surface area contributed by atoms with Crippen LogP contribution in [0, 0.1) is 5.92 Å². The Hall–Kier alpha value is -2.08. The maximum atomic E-state index is 13.4. The summed E-state index contributed by atoms with van der Waals surface area (Å²) in [6, 6.07) is 14.7. The smallest absolute Gasteiger partial charge is 0.306 e. The van der Waals surface area contributed by atoms with Crippen molar-refractivity contribution < 1.29 is 19.4 Å². The lowest BCUT2D eigenvalue weighted by Gasteiger charge is -2.52. The molecule has 7 heteroatoms. The molecule has 30 heavy (non-hydrogen) atoms. The summed E-state index contributed by atoms with van der Waals surface area (Å²) in [6.07, 6.45) is 0.108. The van der Waals surface area contributed by atoms with Crippen LogP contribution in [0.4, 0.5) is 0 Å². The van der Waals surface area contributed by atoms with Crippen molar-refractivity contribution in [1.29, 1.82) is 0 Å². The predicted octanol–water partition coefficient (Wildman–Crippen LogP) is 5.06. The molecule has 1 amide bonds. The quantitative estimate of drug-likeness (QED) is 0.671. The number of carboxylic acid groups (broad SMARTS) is 1. The SMILES string of the molecule is C[C@@]1(c2ccc(Cl)cc2)[C@@H](c2cccc(Cl)c2)O[C@H](CC(=O)O)C(=O)N1CC1CC1. The van der Waals surface area contributed by atoms with Gasteiger partial charge >= 0.3 is 5.97 Å². The van der Waals surface area contributed by atoms with Crippen molar-refractivity contribution in [2.75, 3.05) is 6.54 Å². The minimum atomic E-state index is -1.07. The Kier molecular flexibility index (Phi) is 5.80. The Morgan fingerprint density at radius 2 is 1.87 bits per heavy atom. The van der Waals surface area contributed by atoms with Gasteiger partial charge < -0.3 is 14.7 Å². The number of hydrogen-bond donors (Lipinski definition) is 1. The predicted molar refractivity (Wildman–Crippen MR) is 115 cm³/mol. The Bertz CT molecular complexity index is 960. The van der Waals surface area contributed by atoms with Crippen molar-refractivity contribution in [1.82, 2.24) is 4.90 Å². The van der Waals surface area contributed by atoms with Gasteiger partial charge in [0.25, 0.3) is 5.91 Å². The van der Waals surface area contributed by atoms with Crippen molar-refractivity contribution in [3.05, 3.63) is 69.7 Å². The van der Waals surface area contributed by atoms with E-state index < -0.39 is 23.7 Å². The van der Waals surface area contributed by atoms with Crippen molar-refractivity contribution in [2.45, 2.75) is 43.9 Å². The van der Waals surface area contributed by atoms with E-state index in [1.807, 2.05) is 42.2 Å². The summed E-state index contributed by atoms with van der Waals surface area (Å²) in [5.74, 6) is -0.941. The zero-order valence-electron chi connectivity index (χ0n) is 16.6. The van der Waals surface area contributed by atoms with Gasteiger partial charge in [-0.15, -0.1) is 0 Å². The van der Waals surface area contributed by atoms with Gasteiger partial charge in [-0.1, -0.05) is 47.5 Å². The summed E-state index contributed by atoms with van der Waals surface area (Å²) in [5, 5.41) is 10.5. The van der Waals surface area contributed by atoms with Crippen LogP contribution < -0.4 is 0 Å². The fourth-order valence-electron chi connectivity index (χ4n) is 4.20. The van der Waals surface area contributed by atoms with E-state index >= 15 is 0 Å². The first-order chi connectivity index (χ1) is 14.3. The van der Waals surface area contributed by atoms with Crippen LogP contribution >= 0.6 is 23.2 Å². The highest BCUT2D eigenvalue weighted by Crippen LogP contribution is 2.49. The van der Waals surface area contributed by atoms with E-state index in [2.05, 4.69) is 0 Å². The largest absolute Gasteiger partial charge is 0.481 e. The second-order valence-corrected chi connectivity index (χ2v) is 9.08. The zero-order valence-corrected chi connectivity index (χ0v) is 18.1. The van der Waals surface area contributed by atoms with Crippen LogP contribution in [0.1, 0.15) is 43.4 Å². The third kappa shape index (κ3) is 4.07. The Balaban J connectivity index is 1.86. The number of nitrogens with zero attached hydrogens (tertiary/aromatic N) is 1. The molecular formula is C23H23Cl2NO4. The highest BCUT2D eigenvalue weighted by atomic mass is 35.5. The maximum absolute atomic E-state index is 13.4. The molecule has 0 spiro atoms. The van der Waals surface area contributed by atoms with Gasteiger partial charge in [-0.05, 0) is 61.1 Å². The van der Waals surface area contributed by atoms with Gasteiger partial charge in [-0.25, -0.2) is 0 Å². The summed E-state index contributed by atoms with van der Waals surface area (Å²) in [6.45, 7) is 2.54. The second kappa shape index (κ2) is 8.22. The number of carbonyl (C=O) groups is 2. The molecule has 1 aliphatic carbocycles. The summed E-state index contributed by atoms with van der Waals surface area (Å²) in [4.78, 5) is 26.7. The molecule has 1 saturated carbocycles. The molecule has 2 aromatic carbocycles. The van der Waals surface area contributed by atoms with Crippen LogP contribution in [0.3, 0.4) is 0 Å². The van der Waals surface area contributed by atoms with Crippen LogP contribution in [0.2, 0.25) is 10.0 Å². The molecule has 1 aliphatic heterocycles. The molecule has 0 radical (unpaired) electrons. The molecule has 1 N–H and O–H groups in total. The summed E-state index contributed by atoms with van der Waals surface area (Å²) in [7, 11) is 0. The number of benzene rings is 2. The number of amides is 1. The topological polar surface area (TPSA) is 66.8 Å². The first kappa shape index (κ1) is 21.2. The fraction of sp³-hybridized carbons (Fsp3) is 0.391. The maximum Gasteiger partial charge on any atom is 0.306 e. The summed E-state index contributed by atoms with van der Waals surface area (Å²) < 4.78 is 6.22. The van der Waals surface area contributed by atoms with Gasteiger partial charge in [-0.2, -0.15) is 0 Å². The highest BCUT2D eigenvalue weighted by Gasteiger charge is 2.53. The van der Waals surface area contributed by atoms with Gasteiger partial charge in [0.15, 0.2) is 0 Å². The van der Waals surface area contributed by atoms with Crippen LogP contribution in [-0.2, 0) is 19.9 Å². The molecule has 3 atom stereocenters. The first-order valence-corrected chi connectivity index (χ1v) is 10.7. The highest BCUT2D eigenvalue weighted by molar-refractivity contribution is 6.30. The number of hydrogen-bond acceptors (Lipinski definition) is 3. The summed E-state index contributed by atoms with van der Waals surface area (Å²) >= 11 is 12.4. The van der Waals surface area contributed by atoms with Gasteiger partial charge in [0.2, 0.25) is 0 Å². The van der Waals surface area contributed by atoms with Crippen molar-refractivity contribution in [3.63, 3.8) is 0 Å². The lowest BCUT2D eigenvalue weighted by atomic mass is 9.78. The van der Waals surface area contributed by atoms with Gasteiger partial charge in [0.05, 0.1) is 12.0 Å². The third-order valence-corrected chi connectivity index (χ3v) is 6.48. The lowest BCUT2D eigenvalue weighted by molar-refractivity contribution is -0.195. The zero-order chi connectivity index (χ0) is 21.5. The van der Waals surface area contributed by atoms with E-state index in [1.165, 1.54) is 0 Å². The number of carboxylic acids is 1. The minimum Gasteiger partial charge on any atom is -0.481 e. The second-order valence-electron chi connectivity index (χ2n) is 8.20. The van der Waals surface area contributed by atoms with Crippen LogP contribution in [0.15, 0.2) is 48.5 Å². The van der Waals surface area contributed by atoms with Gasteiger partial charge in [0, 0.05) is 16.6 Å². The van der Waals surface area contributed by atoms with Gasteiger partial charge in [0.1, 0.15) is 12.2 Å². The molecule has 2 aliphatic rings. The number of aliphatic carboxylic acids is 1. The molecule has 0 unspecified atom stereocenters. The monoisotopic (exact) mass is 447 g/mol. The normalized spacial score (nSPS) is 26.6. The average Bonchev–Trinajstić information content (AvgIpc) is 3.52. The van der Waals surface area contributed by atoms with Crippen molar-refractivity contribution >= 4 is 35.1 Å². The minimum absolute atomic E-state index is 0.292.